The van der Waals surface area contributed by atoms with Crippen LogP contribution in [0.5, 0.6) is 0 Å². The molecular formula is C14H9BrF3N3. The first-order chi connectivity index (χ1) is 9.86. The van der Waals surface area contributed by atoms with Gasteiger partial charge in [-0.1, -0.05) is 6.08 Å². The number of halogens is 4. The average Bonchev–Trinajstić information content (AvgIpc) is 2.83. The van der Waals surface area contributed by atoms with E-state index in [1.807, 2.05) is 6.07 Å². The molecule has 108 valence electrons. The molecule has 1 heterocycles. The molecule has 0 saturated heterocycles. The maximum absolute atomic E-state index is 12.8. The molecule has 0 atom stereocenters. The zero-order chi connectivity index (χ0) is 15.6. The van der Waals surface area contributed by atoms with Crippen LogP contribution in [-0.4, -0.2) is 9.55 Å². The number of benzene rings is 1. The summed E-state index contributed by atoms with van der Waals surface area (Å²) >= 11 is 3.26. The van der Waals surface area contributed by atoms with Crippen LogP contribution >= 0.6 is 15.9 Å². The largest absolute Gasteiger partial charge is 0.434 e. The first-order valence-electron chi connectivity index (χ1n) is 5.82. The molecule has 0 aliphatic rings. The highest BCUT2D eigenvalue weighted by Gasteiger charge is 2.35. The smallest absolute Gasteiger partial charge is 0.327 e. The van der Waals surface area contributed by atoms with Crippen LogP contribution in [0.4, 0.5) is 13.2 Å². The lowest BCUT2D eigenvalue weighted by molar-refractivity contribution is -0.140. The van der Waals surface area contributed by atoms with Crippen LogP contribution in [0.25, 0.3) is 11.4 Å². The van der Waals surface area contributed by atoms with E-state index >= 15 is 0 Å². The van der Waals surface area contributed by atoms with Crippen molar-refractivity contribution in [3.05, 3.63) is 52.8 Å². The summed E-state index contributed by atoms with van der Waals surface area (Å²) in [5.41, 5.74) is -0.0783. The maximum atomic E-state index is 12.8. The second-order valence-electron chi connectivity index (χ2n) is 4.19. The third kappa shape index (κ3) is 3.16. The van der Waals surface area contributed by atoms with Gasteiger partial charge < -0.3 is 4.57 Å². The van der Waals surface area contributed by atoms with E-state index in [2.05, 4.69) is 27.5 Å². The van der Waals surface area contributed by atoms with Crippen molar-refractivity contribution in [2.24, 2.45) is 0 Å². The van der Waals surface area contributed by atoms with Crippen molar-refractivity contribution < 1.29 is 13.2 Å². The molecule has 0 unspecified atom stereocenters. The number of allylic oxidation sites excluding steroid dienone is 1. The van der Waals surface area contributed by atoms with Gasteiger partial charge in [0.2, 0.25) is 0 Å². The second kappa shape index (κ2) is 5.74. The van der Waals surface area contributed by atoms with Crippen LogP contribution in [0.15, 0.2) is 41.5 Å². The lowest BCUT2D eigenvalue weighted by Gasteiger charge is -2.07. The van der Waals surface area contributed by atoms with Crippen molar-refractivity contribution in [3.8, 4) is 17.5 Å². The van der Waals surface area contributed by atoms with E-state index in [1.54, 1.807) is 6.07 Å². The number of nitriles is 1. The molecular weight excluding hydrogens is 347 g/mol. The highest BCUT2D eigenvalue weighted by atomic mass is 79.9. The molecule has 0 aliphatic heterocycles. The fraction of sp³-hybridized carbons (Fsp3) is 0.143. The van der Waals surface area contributed by atoms with E-state index in [4.69, 9.17) is 5.26 Å². The van der Waals surface area contributed by atoms with Crippen molar-refractivity contribution in [1.29, 1.82) is 5.26 Å². The SMILES string of the molecule is C=CCn1cc(C(F)(F)F)nc1-c1ccc(C#N)cc1Br. The van der Waals surface area contributed by atoms with E-state index in [0.29, 0.717) is 15.6 Å². The van der Waals surface area contributed by atoms with Crippen LogP contribution < -0.4 is 0 Å². The molecule has 0 radical (unpaired) electrons. The number of imidazole rings is 1. The Balaban J connectivity index is 2.60. The number of rotatable bonds is 3. The minimum absolute atomic E-state index is 0.165. The zero-order valence-electron chi connectivity index (χ0n) is 10.7. The van der Waals surface area contributed by atoms with Crippen LogP contribution in [-0.2, 0) is 12.7 Å². The lowest BCUT2D eigenvalue weighted by Crippen LogP contribution is -2.05. The van der Waals surface area contributed by atoms with Crippen LogP contribution in [0.1, 0.15) is 11.3 Å². The van der Waals surface area contributed by atoms with Gasteiger partial charge in [0.05, 0.1) is 11.6 Å². The average molecular weight is 356 g/mol. The summed E-state index contributed by atoms with van der Waals surface area (Å²) < 4.78 is 40.3. The molecule has 2 aromatic rings. The van der Waals surface area contributed by atoms with Gasteiger partial charge in [0.1, 0.15) is 5.82 Å². The predicted molar refractivity (Wildman–Crippen MR) is 75.3 cm³/mol. The Kier molecular flexibility index (Phi) is 4.19. The molecule has 0 aliphatic carbocycles. The van der Waals surface area contributed by atoms with Crippen LogP contribution in [0.3, 0.4) is 0 Å². The number of hydrogen-bond acceptors (Lipinski definition) is 2. The first kappa shape index (κ1) is 15.3. The molecule has 1 aromatic heterocycles. The molecule has 0 amide bonds. The Morgan fingerprint density at radius 1 is 1.43 bits per heavy atom. The van der Waals surface area contributed by atoms with Crippen molar-refractivity contribution >= 4 is 15.9 Å². The van der Waals surface area contributed by atoms with Gasteiger partial charge in [-0.2, -0.15) is 18.4 Å². The standard InChI is InChI=1S/C14H9BrF3N3/c1-2-5-21-8-12(14(16,17)18)20-13(21)10-4-3-9(7-19)6-11(10)15/h2-4,6,8H,1,5H2. The molecule has 1 aromatic carbocycles. The molecule has 7 heteroatoms. The molecule has 3 nitrogen and oxygen atoms in total. The summed E-state index contributed by atoms with van der Waals surface area (Å²) in [6.07, 6.45) is -2.08. The molecule has 0 fully saturated rings. The van der Waals surface area contributed by atoms with E-state index in [1.165, 1.54) is 22.8 Å². The van der Waals surface area contributed by atoms with E-state index in [0.717, 1.165) is 6.20 Å². The van der Waals surface area contributed by atoms with Crippen molar-refractivity contribution in [2.75, 3.05) is 0 Å². The second-order valence-corrected chi connectivity index (χ2v) is 5.05. The summed E-state index contributed by atoms with van der Waals surface area (Å²) in [5, 5.41) is 8.82. The Morgan fingerprint density at radius 2 is 2.14 bits per heavy atom. The number of nitrogens with zero attached hydrogens (tertiary/aromatic N) is 3. The fourth-order valence-corrected chi connectivity index (χ4v) is 2.37. The van der Waals surface area contributed by atoms with Gasteiger partial charge in [-0.15, -0.1) is 6.58 Å². The van der Waals surface area contributed by atoms with Gasteiger partial charge in [-0.3, -0.25) is 0 Å². The third-order valence-corrected chi connectivity index (χ3v) is 3.39. The Morgan fingerprint density at radius 3 is 2.67 bits per heavy atom. The summed E-state index contributed by atoms with van der Waals surface area (Å²) in [5.74, 6) is 0.165. The van der Waals surface area contributed by atoms with Gasteiger partial charge in [-0.05, 0) is 34.1 Å². The fourth-order valence-electron chi connectivity index (χ4n) is 1.81. The molecule has 2 rings (SSSR count). The van der Waals surface area contributed by atoms with Gasteiger partial charge in [0.15, 0.2) is 5.69 Å². The Bertz CT molecular complexity index is 726. The van der Waals surface area contributed by atoms with Gasteiger partial charge in [-0.25, -0.2) is 4.98 Å². The van der Waals surface area contributed by atoms with Gasteiger partial charge in [0, 0.05) is 22.8 Å². The van der Waals surface area contributed by atoms with Crippen molar-refractivity contribution in [1.82, 2.24) is 9.55 Å². The number of aromatic nitrogens is 2. The highest BCUT2D eigenvalue weighted by Crippen LogP contribution is 2.33. The van der Waals surface area contributed by atoms with E-state index in [9.17, 15) is 13.2 Å². The number of alkyl halides is 3. The minimum Gasteiger partial charge on any atom is -0.327 e. The third-order valence-electron chi connectivity index (χ3n) is 2.73. The summed E-state index contributed by atoms with van der Waals surface area (Å²) in [7, 11) is 0. The lowest BCUT2D eigenvalue weighted by atomic mass is 10.1. The monoisotopic (exact) mass is 355 g/mol. The van der Waals surface area contributed by atoms with Crippen molar-refractivity contribution in [2.45, 2.75) is 12.7 Å². The molecule has 21 heavy (non-hydrogen) atoms. The zero-order valence-corrected chi connectivity index (χ0v) is 12.2. The quantitative estimate of drug-likeness (QED) is 0.766. The normalized spacial score (nSPS) is 11.2. The Labute approximate surface area is 127 Å². The summed E-state index contributed by atoms with van der Waals surface area (Å²) in [6.45, 7) is 3.73. The molecule has 0 spiro atoms. The van der Waals surface area contributed by atoms with Gasteiger partial charge >= 0.3 is 6.18 Å². The molecule has 0 N–H and O–H groups in total. The summed E-state index contributed by atoms with van der Waals surface area (Å²) in [4.78, 5) is 3.66. The molecule has 0 bridgehead atoms. The van der Waals surface area contributed by atoms with Crippen LogP contribution in [0.2, 0.25) is 0 Å². The maximum Gasteiger partial charge on any atom is 0.434 e. The predicted octanol–water partition coefficient (Wildman–Crippen LogP) is 4.39. The van der Waals surface area contributed by atoms with Crippen LogP contribution in [0, 0.1) is 11.3 Å². The number of hydrogen-bond donors (Lipinski definition) is 0. The summed E-state index contributed by atoms with van der Waals surface area (Å²) in [6, 6.07) is 6.59. The van der Waals surface area contributed by atoms with E-state index in [-0.39, 0.29) is 12.4 Å². The first-order valence-corrected chi connectivity index (χ1v) is 6.61. The highest BCUT2D eigenvalue weighted by molar-refractivity contribution is 9.10. The van der Waals surface area contributed by atoms with Gasteiger partial charge in [0.25, 0.3) is 0 Å². The van der Waals surface area contributed by atoms with E-state index < -0.39 is 11.9 Å². The van der Waals surface area contributed by atoms with Crippen molar-refractivity contribution in [3.63, 3.8) is 0 Å². The Hall–Kier alpha value is -2.07. The molecule has 0 saturated carbocycles. The topological polar surface area (TPSA) is 41.6 Å². The minimum atomic E-state index is -4.51.